The van der Waals surface area contributed by atoms with Crippen molar-refractivity contribution in [2.45, 2.75) is 290 Å². The van der Waals surface area contributed by atoms with Crippen LogP contribution in [-0.4, -0.2) is 37.2 Å². The second-order valence-electron chi connectivity index (χ2n) is 20.2. The number of ether oxygens (including phenoxy) is 3. The van der Waals surface area contributed by atoms with Gasteiger partial charge in [-0.15, -0.1) is 0 Å². The van der Waals surface area contributed by atoms with Gasteiger partial charge >= 0.3 is 17.9 Å². The van der Waals surface area contributed by atoms with E-state index in [2.05, 4.69) is 130 Å². The summed E-state index contributed by atoms with van der Waals surface area (Å²) < 4.78 is 16.8. The third-order valence-corrected chi connectivity index (χ3v) is 13.0. The van der Waals surface area contributed by atoms with E-state index in [1.165, 1.54) is 122 Å². The molecule has 6 heteroatoms. The lowest BCUT2D eigenvalue weighted by Gasteiger charge is -2.18. The minimum absolute atomic E-state index is 0.0783. The van der Waals surface area contributed by atoms with Crippen LogP contribution in [0.1, 0.15) is 284 Å². The maximum absolute atomic E-state index is 12.8. The molecule has 6 nitrogen and oxygen atoms in total. The molecule has 0 aromatic heterocycles. The zero-order valence-corrected chi connectivity index (χ0v) is 48.3. The van der Waals surface area contributed by atoms with Gasteiger partial charge in [0.15, 0.2) is 6.10 Å². The molecule has 422 valence electrons. The SMILES string of the molecule is CC/C=C\C/C=C\C/C=C\C/C=C\C/C=C\C/C=C\C/C=C\C/C=C\C/C=C\CCCCCCCCCC(=O)OCC(COC(=O)CCCCCCCCC)OC(=O)CCCCCCCCCCCCCCCC. The minimum atomic E-state index is -0.777. The van der Waals surface area contributed by atoms with Crippen molar-refractivity contribution in [1.29, 1.82) is 0 Å². The Morgan fingerprint density at radius 3 is 0.824 bits per heavy atom. The minimum Gasteiger partial charge on any atom is -0.462 e. The molecular formula is C68H114O6. The largest absolute Gasteiger partial charge is 0.462 e. The number of unbranched alkanes of at least 4 members (excludes halogenated alkanes) is 26. The molecule has 0 spiro atoms. The standard InChI is InChI=1S/C68H114O6/c1-4-7-10-13-16-18-20-22-24-25-26-27-28-29-30-31-32-33-34-35-36-37-38-39-40-41-42-43-44-46-47-49-52-55-58-61-67(70)73-64-65(63-72-66(69)60-57-54-51-15-12-9-6-3)74-68(71)62-59-56-53-50-48-45-23-21-19-17-14-11-8-5-2/h7,10,16,18,22,24,26-27,29-30,32-33,35-36,38-39,41-42,65H,4-6,8-9,11-15,17,19-21,23,25,28,31,34,37,40,43-64H2,1-3H3/b10-7-,18-16-,24-22-,27-26-,30-29-,33-32-,36-35-,39-38-,42-41-. The molecule has 0 aromatic carbocycles. The third-order valence-electron chi connectivity index (χ3n) is 13.0. The second kappa shape index (κ2) is 61.6. The third kappa shape index (κ3) is 59.0. The van der Waals surface area contributed by atoms with Crippen LogP contribution in [0.2, 0.25) is 0 Å². The molecule has 0 fully saturated rings. The lowest BCUT2D eigenvalue weighted by Crippen LogP contribution is -2.30. The Morgan fingerprint density at radius 2 is 0.527 bits per heavy atom. The number of carbonyl (C=O) groups is 3. The molecule has 0 saturated carbocycles. The van der Waals surface area contributed by atoms with E-state index in [0.29, 0.717) is 19.3 Å². The van der Waals surface area contributed by atoms with E-state index in [9.17, 15) is 14.4 Å². The van der Waals surface area contributed by atoms with E-state index in [0.717, 1.165) is 122 Å². The Hall–Kier alpha value is -3.93. The molecule has 74 heavy (non-hydrogen) atoms. The molecule has 0 heterocycles. The maximum atomic E-state index is 12.8. The van der Waals surface area contributed by atoms with E-state index in [1.54, 1.807) is 0 Å². The molecule has 0 rings (SSSR count). The average molecular weight is 1030 g/mol. The number of allylic oxidation sites excluding steroid dienone is 18. The molecule has 0 saturated heterocycles. The van der Waals surface area contributed by atoms with E-state index in [-0.39, 0.29) is 31.1 Å². The van der Waals surface area contributed by atoms with Crippen molar-refractivity contribution in [3.63, 3.8) is 0 Å². The highest BCUT2D eigenvalue weighted by molar-refractivity contribution is 5.71. The van der Waals surface area contributed by atoms with Gasteiger partial charge in [0.2, 0.25) is 0 Å². The topological polar surface area (TPSA) is 78.9 Å². The maximum Gasteiger partial charge on any atom is 0.306 e. The molecule has 1 unspecified atom stereocenters. The van der Waals surface area contributed by atoms with Gasteiger partial charge in [-0.3, -0.25) is 14.4 Å². The van der Waals surface area contributed by atoms with Gasteiger partial charge in [-0.25, -0.2) is 0 Å². The average Bonchev–Trinajstić information content (AvgIpc) is 3.40. The van der Waals surface area contributed by atoms with Crippen LogP contribution in [0.3, 0.4) is 0 Å². The van der Waals surface area contributed by atoms with Crippen LogP contribution >= 0.6 is 0 Å². The quantitative estimate of drug-likeness (QED) is 0.0261. The van der Waals surface area contributed by atoms with Crippen LogP contribution in [-0.2, 0) is 28.6 Å². The van der Waals surface area contributed by atoms with Crippen molar-refractivity contribution >= 4 is 17.9 Å². The lowest BCUT2D eigenvalue weighted by molar-refractivity contribution is -0.167. The van der Waals surface area contributed by atoms with Crippen molar-refractivity contribution in [2.24, 2.45) is 0 Å². The van der Waals surface area contributed by atoms with Crippen LogP contribution < -0.4 is 0 Å². The van der Waals surface area contributed by atoms with Crippen LogP contribution in [0.15, 0.2) is 109 Å². The normalized spacial score (nSPS) is 12.9. The van der Waals surface area contributed by atoms with Crippen LogP contribution in [0.4, 0.5) is 0 Å². The monoisotopic (exact) mass is 1030 g/mol. The molecule has 0 radical (unpaired) electrons. The molecule has 0 bridgehead atoms. The summed E-state index contributed by atoms with van der Waals surface area (Å²) in [6.45, 7) is 6.48. The van der Waals surface area contributed by atoms with Gasteiger partial charge < -0.3 is 14.2 Å². The van der Waals surface area contributed by atoms with E-state index < -0.39 is 6.10 Å². The van der Waals surface area contributed by atoms with Crippen molar-refractivity contribution in [3.8, 4) is 0 Å². The van der Waals surface area contributed by atoms with Gasteiger partial charge in [-0.1, -0.05) is 284 Å². The summed E-state index contributed by atoms with van der Waals surface area (Å²) in [7, 11) is 0. The first-order valence-corrected chi connectivity index (χ1v) is 30.9. The van der Waals surface area contributed by atoms with Gasteiger partial charge in [0, 0.05) is 19.3 Å². The van der Waals surface area contributed by atoms with E-state index >= 15 is 0 Å². The Bertz CT molecular complexity index is 1510. The first-order chi connectivity index (χ1) is 36.5. The summed E-state index contributed by atoms with van der Waals surface area (Å²) in [5.74, 6) is -0.891. The van der Waals surface area contributed by atoms with Crippen molar-refractivity contribution in [3.05, 3.63) is 109 Å². The molecule has 0 N–H and O–H groups in total. The smallest absolute Gasteiger partial charge is 0.306 e. The fourth-order valence-electron chi connectivity index (χ4n) is 8.44. The van der Waals surface area contributed by atoms with Crippen LogP contribution in [0, 0.1) is 0 Å². The molecule has 0 aliphatic rings. The molecule has 0 amide bonds. The fraction of sp³-hybridized carbons (Fsp3) is 0.691. The Morgan fingerprint density at radius 1 is 0.284 bits per heavy atom. The summed E-state index contributed by atoms with van der Waals surface area (Å²) in [5, 5.41) is 0. The van der Waals surface area contributed by atoms with Crippen molar-refractivity contribution < 1.29 is 28.6 Å². The summed E-state index contributed by atoms with van der Waals surface area (Å²) in [4.78, 5) is 37.9. The van der Waals surface area contributed by atoms with Crippen LogP contribution in [0.5, 0.6) is 0 Å². The first kappa shape index (κ1) is 70.1. The predicted octanol–water partition coefficient (Wildman–Crippen LogP) is 21.0. The van der Waals surface area contributed by atoms with Gasteiger partial charge in [-0.05, 0) is 89.9 Å². The summed E-state index contributed by atoms with van der Waals surface area (Å²) in [6, 6.07) is 0. The second-order valence-corrected chi connectivity index (χ2v) is 20.2. The Labute approximate surface area is 457 Å². The van der Waals surface area contributed by atoms with Crippen molar-refractivity contribution in [2.75, 3.05) is 13.2 Å². The molecule has 1 atom stereocenters. The highest BCUT2D eigenvalue weighted by atomic mass is 16.6. The fourth-order valence-corrected chi connectivity index (χ4v) is 8.44. The number of hydrogen-bond donors (Lipinski definition) is 0. The van der Waals surface area contributed by atoms with Gasteiger partial charge in [0.25, 0.3) is 0 Å². The molecular weight excluding hydrogens is 913 g/mol. The predicted molar refractivity (Wildman–Crippen MR) is 320 cm³/mol. The molecule has 0 aliphatic heterocycles. The summed E-state index contributed by atoms with van der Waals surface area (Å²) >= 11 is 0. The Kier molecular flexibility index (Phi) is 58.3. The zero-order chi connectivity index (χ0) is 53.6. The van der Waals surface area contributed by atoms with Gasteiger partial charge in [-0.2, -0.15) is 0 Å². The number of carbonyl (C=O) groups excluding carboxylic acids is 3. The number of hydrogen-bond acceptors (Lipinski definition) is 6. The molecule has 0 aromatic rings. The van der Waals surface area contributed by atoms with E-state index in [4.69, 9.17) is 14.2 Å². The number of rotatable bonds is 55. The van der Waals surface area contributed by atoms with Gasteiger partial charge in [0.05, 0.1) is 0 Å². The Balaban J connectivity index is 4.11. The van der Waals surface area contributed by atoms with Crippen LogP contribution in [0.25, 0.3) is 0 Å². The highest BCUT2D eigenvalue weighted by Gasteiger charge is 2.19. The van der Waals surface area contributed by atoms with Gasteiger partial charge in [0.1, 0.15) is 13.2 Å². The molecule has 0 aliphatic carbocycles. The first-order valence-electron chi connectivity index (χ1n) is 30.9. The lowest BCUT2D eigenvalue weighted by atomic mass is 10.0. The highest BCUT2D eigenvalue weighted by Crippen LogP contribution is 2.16. The zero-order valence-electron chi connectivity index (χ0n) is 48.3. The summed E-state index contributed by atoms with van der Waals surface area (Å²) in [5.41, 5.74) is 0. The number of esters is 3. The van der Waals surface area contributed by atoms with E-state index in [1.807, 2.05) is 0 Å². The van der Waals surface area contributed by atoms with Crippen molar-refractivity contribution in [1.82, 2.24) is 0 Å². The summed E-state index contributed by atoms with van der Waals surface area (Å²) in [6.07, 6.45) is 84.0.